The van der Waals surface area contributed by atoms with Gasteiger partial charge in [-0.15, -0.1) is 0 Å². The van der Waals surface area contributed by atoms with Gasteiger partial charge in [-0.2, -0.15) is 13.2 Å². The molecule has 10 nitrogen and oxygen atoms in total. The summed E-state index contributed by atoms with van der Waals surface area (Å²) < 4.78 is 91.4. The SMILES string of the molecule is COc1ccc(S(C)(=O)=O)cc1NCC#Cc1cc(C(=O)N[C@@H]2[C@@H](C)CN(C3CC4(COC4)C3)C[C@@H]2F)c2ncn(CC(F)(F)F)c2c1. The summed E-state index contributed by atoms with van der Waals surface area (Å²) in [5, 5.41) is 5.80. The van der Waals surface area contributed by atoms with Crippen molar-refractivity contribution in [3.8, 4) is 17.6 Å². The van der Waals surface area contributed by atoms with Crippen LogP contribution < -0.4 is 15.4 Å². The van der Waals surface area contributed by atoms with Crippen molar-refractivity contribution >= 4 is 32.5 Å². The Labute approximate surface area is 276 Å². The maximum atomic E-state index is 15.6. The molecule has 3 aliphatic rings. The molecule has 2 saturated heterocycles. The summed E-state index contributed by atoms with van der Waals surface area (Å²) in [6.45, 7) is 2.88. The normalized spacial score (nSPS) is 22.8. The Balaban J connectivity index is 1.21. The highest BCUT2D eigenvalue weighted by Gasteiger charge is 2.53. The zero-order valence-electron chi connectivity index (χ0n) is 26.7. The molecule has 1 amide bonds. The second-order valence-corrected chi connectivity index (χ2v) is 15.2. The molecule has 1 saturated carbocycles. The number of aromatic nitrogens is 2. The highest BCUT2D eigenvalue weighted by molar-refractivity contribution is 7.90. The largest absolute Gasteiger partial charge is 0.495 e. The number of anilines is 1. The number of methoxy groups -OCH3 is 1. The maximum Gasteiger partial charge on any atom is 0.406 e. The number of likely N-dealkylation sites (tertiary alicyclic amines) is 1. The van der Waals surface area contributed by atoms with Gasteiger partial charge in [-0.3, -0.25) is 9.69 Å². The van der Waals surface area contributed by atoms with Crippen LogP contribution in [0.25, 0.3) is 11.0 Å². The highest BCUT2D eigenvalue weighted by atomic mass is 32.2. The Hall–Kier alpha value is -3.87. The van der Waals surface area contributed by atoms with E-state index in [0.717, 1.165) is 43.2 Å². The van der Waals surface area contributed by atoms with E-state index in [1.165, 1.54) is 37.4 Å². The first-order valence-corrected chi connectivity index (χ1v) is 17.5. The molecule has 0 bridgehead atoms. The number of amides is 1. The summed E-state index contributed by atoms with van der Waals surface area (Å²) in [7, 11) is -2.05. The van der Waals surface area contributed by atoms with Gasteiger partial charge in [-0.05, 0) is 49.1 Å². The van der Waals surface area contributed by atoms with Crippen LogP contribution in [0.1, 0.15) is 35.7 Å². The van der Waals surface area contributed by atoms with Crippen LogP contribution in [0.5, 0.6) is 5.75 Å². The molecule has 3 fully saturated rings. The molecule has 2 N–H and O–H groups in total. The molecule has 48 heavy (non-hydrogen) atoms. The van der Waals surface area contributed by atoms with Gasteiger partial charge in [0.15, 0.2) is 9.84 Å². The van der Waals surface area contributed by atoms with Crippen LogP contribution in [0, 0.1) is 23.2 Å². The summed E-state index contributed by atoms with van der Waals surface area (Å²) >= 11 is 0. The van der Waals surface area contributed by atoms with Crippen LogP contribution in [0.15, 0.2) is 41.6 Å². The van der Waals surface area contributed by atoms with E-state index in [0.29, 0.717) is 18.0 Å². The number of rotatable bonds is 8. The Morgan fingerprint density at radius 1 is 1.19 bits per heavy atom. The zero-order chi connectivity index (χ0) is 34.4. The predicted molar refractivity (Wildman–Crippen MR) is 170 cm³/mol. The first-order valence-electron chi connectivity index (χ1n) is 15.6. The lowest BCUT2D eigenvalue weighted by molar-refractivity contribution is -0.189. The predicted octanol–water partition coefficient (Wildman–Crippen LogP) is 4.04. The fourth-order valence-corrected chi connectivity index (χ4v) is 7.55. The Bertz CT molecular complexity index is 1860. The fraction of sp³-hybridized carbons (Fsp3) is 0.515. The number of hydrogen-bond acceptors (Lipinski definition) is 8. The van der Waals surface area contributed by atoms with Crippen molar-refractivity contribution < 1.29 is 40.2 Å². The summed E-state index contributed by atoms with van der Waals surface area (Å²) in [4.78, 5) is 20.0. The molecule has 3 heterocycles. The number of hydrogen-bond donors (Lipinski definition) is 2. The van der Waals surface area contributed by atoms with Crippen LogP contribution in [0.2, 0.25) is 0 Å². The van der Waals surface area contributed by atoms with Crippen LogP contribution >= 0.6 is 0 Å². The molecule has 6 rings (SSSR count). The molecule has 2 aliphatic heterocycles. The molecule has 2 aromatic carbocycles. The van der Waals surface area contributed by atoms with Gasteiger partial charge < -0.3 is 24.7 Å². The Morgan fingerprint density at radius 3 is 2.56 bits per heavy atom. The van der Waals surface area contributed by atoms with E-state index in [4.69, 9.17) is 9.47 Å². The lowest BCUT2D eigenvalue weighted by atomic mass is 9.63. The molecule has 1 aliphatic carbocycles. The average molecular weight is 692 g/mol. The van der Waals surface area contributed by atoms with Crippen LogP contribution in [-0.4, -0.2) is 99.4 Å². The van der Waals surface area contributed by atoms with Crippen LogP contribution in [0.4, 0.5) is 23.2 Å². The monoisotopic (exact) mass is 691 g/mol. The van der Waals surface area contributed by atoms with Crippen molar-refractivity contribution in [2.45, 2.75) is 55.6 Å². The first kappa shape index (κ1) is 34.0. The minimum absolute atomic E-state index is 0.0130. The number of imidazole rings is 1. The summed E-state index contributed by atoms with van der Waals surface area (Å²) in [6, 6.07) is 6.68. The molecule has 0 radical (unpaired) electrons. The van der Waals surface area contributed by atoms with Gasteiger partial charge in [0.25, 0.3) is 5.91 Å². The first-order chi connectivity index (χ1) is 22.6. The lowest BCUT2D eigenvalue weighted by Crippen LogP contribution is -2.65. The topological polar surface area (TPSA) is 115 Å². The maximum absolute atomic E-state index is 15.6. The Kier molecular flexibility index (Phi) is 9.12. The summed E-state index contributed by atoms with van der Waals surface area (Å²) in [5.74, 6) is 5.26. The number of halogens is 4. The number of nitrogens with one attached hydrogen (secondary N) is 2. The van der Waals surface area contributed by atoms with Crippen molar-refractivity contribution in [2.75, 3.05) is 51.5 Å². The molecule has 258 valence electrons. The molecule has 3 aromatic rings. The van der Waals surface area contributed by atoms with Gasteiger partial charge in [0.2, 0.25) is 0 Å². The molecule has 0 unspecified atom stereocenters. The van der Waals surface area contributed by atoms with Gasteiger partial charge in [-0.1, -0.05) is 18.8 Å². The number of benzene rings is 2. The van der Waals surface area contributed by atoms with E-state index in [1.54, 1.807) is 0 Å². The third-order valence-corrected chi connectivity index (χ3v) is 10.5. The standard InChI is InChI=1S/C33H37F4N5O5S/c1-20-14-41(22-12-32(13-22)17-47-18-32)15-25(34)29(20)40-31(43)24-9-21(10-27-30(24)39-19-42(27)16-33(35,36)37)5-4-8-38-26-11-23(48(3,44)45)6-7-28(26)46-2/h6-7,9-11,19-20,22,25,29,38H,8,12-18H2,1-3H3,(H,40,43)/t20-,25-,29+/m0/s1. The second kappa shape index (κ2) is 12.9. The zero-order valence-corrected chi connectivity index (χ0v) is 27.5. The van der Waals surface area contributed by atoms with Crippen molar-refractivity contribution in [3.63, 3.8) is 0 Å². The van der Waals surface area contributed by atoms with Gasteiger partial charge >= 0.3 is 6.18 Å². The van der Waals surface area contributed by atoms with E-state index >= 15 is 4.39 Å². The van der Waals surface area contributed by atoms with Gasteiger partial charge in [-0.25, -0.2) is 17.8 Å². The molecule has 3 atom stereocenters. The van der Waals surface area contributed by atoms with Gasteiger partial charge in [0, 0.05) is 36.4 Å². The third-order valence-electron chi connectivity index (χ3n) is 9.42. The molecule has 1 aromatic heterocycles. The number of fused-ring (bicyclic) bond motifs is 1. The van der Waals surface area contributed by atoms with E-state index in [9.17, 15) is 26.4 Å². The van der Waals surface area contributed by atoms with Crippen molar-refractivity contribution in [1.29, 1.82) is 0 Å². The lowest BCUT2D eigenvalue weighted by Gasteiger charge is -2.58. The van der Waals surface area contributed by atoms with E-state index in [-0.39, 0.29) is 57.5 Å². The summed E-state index contributed by atoms with van der Waals surface area (Å²) in [5.41, 5.74) is 0.952. The molecular weight excluding hydrogens is 654 g/mol. The minimum atomic E-state index is -4.54. The van der Waals surface area contributed by atoms with Crippen molar-refractivity contribution in [2.24, 2.45) is 11.3 Å². The van der Waals surface area contributed by atoms with Crippen molar-refractivity contribution in [1.82, 2.24) is 19.8 Å². The smallest absolute Gasteiger partial charge is 0.406 e. The number of carbonyl (C=O) groups excluding carboxylic acids is 1. The van der Waals surface area contributed by atoms with E-state index < -0.39 is 40.7 Å². The van der Waals surface area contributed by atoms with E-state index in [1.807, 2.05) is 6.92 Å². The molecular formula is C33H37F4N5O5S. The fourth-order valence-electron chi connectivity index (χ4n) is 6.91. The summed E-state index contributed by atoms with van der Waals surface area (Å²) in [6.07, 6.45) is -1.82. The number of alkyl halides is 4. The molecule has 15 heteroatoms. The second-order valence-electron chi connectivity index (χ2n) is 13.2. The van der Waals surface area contributed by atoms with Gasteiger partial charge in [0.1, 0.15) is 24.0 Å². The number of ether oxygens (including phenoxy) is 2. The number of piperidine rings is 1. The van der Waals surface area contributed by atoms with Gasteiger partial charge in [0.05, 0.1) is 60.9 Å². The average Bonchev–Trinajstić information content (AvgIpc) is 3.35. The number of carbonyl (C=O) groups is 1. The number of sulfone groups is 1. The number of nitrogens with zero attached hydrogens (tertiary/aromatic N) is 3. The third kappa shape index (κ3) is 7.11. The van der Waals surface area contributed by atoms with E-state index in [2.05, 4.69) is 32.4 Å². The Morgan fingerprint density at radius 2 is 1.94 bits per heavy atom. The quantitative estimate of drug-likeness (QED) is 0.269. The highest BCUT2D eigenvalue weighted by Crippen LogP contribution is 2.49. The van der Waals surface area contributed by atoms with Crippen molar-refractivity contribution in [3.05, 3.63) is 47.8 Å². The van der Waals surface area contributed by atoms with Crippen LogP contribution in [0.3, 0.4) is 0 Å². The minimum Gasteiger partial charge on any atom is -0.495 e. The van der Waals surface area contributed by atoms with Crippen LogP contribution in [-0.2, 0) is 21.1 Å². The molecule has 1 spiro atoms.